The minimum Gasteiger partial charge on any atom is -0.371 e. The molecule has 1 amide bonds. The van der Waals surface area contributed by atoms with E-state index in [0.29, 0.717) is 18.7 Å². The molecule has 2 heterocycles. The van der Waals surface area contributed by atoms with Crippen molar-refractivity contribution in [1.82, 2.24) is 9.21 Å². The van der Waals surface area contributed by atoms with Crippen LogP contribution in [0.5, 0.6) is 0 Å². The summed E-state index contributed by atoms with van der Waals surface area (Å²) >= 11 is 0. The van der Waals surface area contributed by atoms with Gasteiger partial charge in [-0.15, -0.1) is 0 Å². The normalized spacial score (nSPS) is 19.6. The molecule has 6 nitrogen and oxygen atoms in total. The fraction of sp³-hybridized carbons (Fsp3) is 0.500. The maximum Gasteiger partial charge on any atom is 0.254 e. The number of para-hydroxylation sites is 1. The summed E-state index contributed by atoms with van der Waals surface area (Å²) < 4.78 is 28.3. The first kappa shape index (κ1) is 23.8. The zero-order valence-corrected chi connectivity index (χ0v) is 20.8. The first-order valence-electron chi connectivity index (χ1n) is 12.0. The third-order valence-corrected chi connectivity index (χ3v) is 8.99. The average molecular weight is 470 g/mol. The van der Waals surface area contributed by atoms with Crippen molar-refractivity contribution in [2.24, 2.45) is 0 Å². The fourth-order valence-electron chi connectivity index (χ4n) is 5.00. The summed E-state index contributed by atoms with van der Waals surface area (Å²) in [5, 5.41) is 0. The van der Waals surface area contributed by atoms with Crippen LogP contribution in [0.3, 0.4) is 0 Å². The number of rotatable bonds is 6. The minimum absolute atomic E-state index is 0.0195. The summed E-state index contributed by atoms with van der Waals surface area (Å²) in [6, 6.07) is 13.2. The molecule has 2 aromatic rings. The highest BCUT2D eigenvalue weighted by atomic mass is 32.2. The van der Waals surface area contributed by atoms with Gasteiger partial charge in [0.2, 0.25) is 10.0 Å². The molecule has 0 bridgehead atoms. The van der Waals surface area contributed by atoms with Crippen LogP contribution in [0.25, 0.3) is 0 Å². The second-order valence-corrected chi connectivity index (χ2v) is 11.3. The molecule has 0 radical (unpaired) electrons. The summed E-state index contributed by atoms with van der Waals surface area (Å²) in [7, 11) is -1.84. The molecule has 0 N–H and O–H groups in total. The van der Waals surface area contributed by atoms with E-state index in [2.05, 4.69) is 17.0 Å². The molecule has 0 aromatic heterocycles. The lowest BCUT2D eigenvalue weighted by Crippen LogP contribution is -2.42. The van der Waals surface area contributed by atoms with Crippen LogP contribution in [0.2, 0.25) is 0 Å². The van der Waals surface area contributed by atoms with Gasteiger partial charge in [-0.25, -0.2) is 8.42 Å². The van der Waals surface area contributed by atoms with E-state index in [1.165, 1.54) is 18.5 Å². The molecule has 33 heavy (non-hydrogen) atoms. The Kier molecular flexibility index (Phi) is 7.10. The Labute approximate surface area is 198 Å². The van der Waals surface area contributed by atoms with Gasteiger partial charge in [-0.3, -0.25) is 4.79 Å². The van der Waals surface area contributed by atoms with E-state index in [9.17, 15) is 13.2 Å². The molecule has 1 atom stereocenters. The van der Waals surface area contributed by atoms with Crippen molar-refractivity contribution < 1.29 is 13.2 Å². The minimum atomic E-state index is -3.63. The van der Waals surface area contributed by atoms with Crippen molar-refractivity contribution in [3.8, 4) is 0 Å². The van der Waals surface area contributed by atoms with Crippen molar-refractivity contribution in [2.75, 3.05) is 31.6 Å². The van der Waals surface area contributed by atoms with Crippen LogP contribution in [0.4, 0.5) is 5.69 Å². The van der Waals surface area contributed by atoms with Gasteiger partial charge in [-0.1, -0.05) is 30.7 Å². The standard InChI is InChI=1S/C26H35N3O3S/c1-20-13-14-23(33(31,32)29-17-7-6-10-21(29)2)18-24(20)26(30)27(3)19-22-11-4-5-12-25(22)28-15-8-9-16-28/h4-5,11-14,18,21H,6-10,15-17,19H2,1-3H3. The van der Waals surface area contributed by atoms with Crippen LogP contribution >= 0.6 is 0 Å². The molecule has 178 valence electrons. The van der Waals surface area contributed by atoms with Gasteiger partial charge in [-0.05, 0) is 68.9 Å². The first-order chi connectivity index (χ1) is 15.8. The molecule has 0 aliphatic carbocycles. The second kappa shape index (κ2) is 9.85. The van der Waals surface area contributed by atoms with Crippen LogP contribution in [-0.2, 0) is 16.6 Å². The van der Waals surface area contributed by atoms with Gasteiger partial charge in [-0.2, -0.15) is 4.31 Å². The number of amides is 1. The Hall–Kier alpha value is -2.38. The van der Waals surface area contributed by atoms with Gasteiger partial charge in [0, 0.05) is 50.5 Å². The Morgan fingerprint density at radius 2 is 1.73 bits per heavy atom. The Morgan fingerprint density at radius 3 is 2.45 bits per heavy atom. The summed E-state index contributed by atoms with van der Waals surface area (Å²) in [5.41, 5.74) is 3.52. The predicted octanol–water partition coefficient (Wildman–Crippen LogP) is 4.43. The van der Waals surface area contributed by atoms with Gasteiger partial charge in [0.25, 0.3) is 5.91 Å². The van der Waals surface area contributed by atoms with E-state index < -0.39 is 10.0 Å². The maximum absolute atomic E-state index is 13.4. The van der Waals surface area contributed by atoms with E-state index in [0.717, 1.165) is 43.5 Å². The molecular formula is C26H35N3O3S. The van der Waals surface area contributed by atoms with E-state index in [-0.39, 0.29) is 16.8 Å². The van der Waals surface area contributed by atoms with Gasteiger partial charge in [0.1, 0.15) is 0 Å². The maximum atomic E-state index is 13.4. The monoisotopic (exact) mass is 469 g/mol. The number of carbonyl (C=O) groups is 1. The molecule has 0 spiro atoms. The summed E-state index contributed by atoms with van der Waals surface area (Å²) in [6.07, 6.45) is 5.18. The molecule has 2 fully saturated rings. The van der Waals surface area contributed by atoms with Crippen molar-refractivity contribution in [1.29, 1.82) is 0 Å². The molecular weight excluding hydrogens is 434 g/mol. The molecule has 4 rings (SSSR count). The number of carbonyl (C=O) groups excluding carboxylic acids is 1. The SMILES string of the molecule is Cc1ccc(S(=O)(=O)N2CCCCC2C)cc1C(=O)N(C)Cc1ccccc1N1CCCC1. The van der Waals surface area contributed by atoms with Crippen LogP contribution in [0.15, 0.2) is 47.4 Å². The number of piperidine rings is 1. The van der Waals surface area contributed by atoms with E-state index in [1.807, 2.05) is 26.0 Å². The van der Waals surface area contributed by atoms with Gasteiger partial charge in [0.15, 0.2) is 0 Å². The first-order valence-corrected chi connectivity index (χ1v) is 13.4. The smallest absolute Gasteiger partial charge is 0.254 e. The topological polar surface area (TPSA) is 60.9 Å². The van der Waals surface area contributed by atoms with E-state index in [1.54, 1.807) is 34.5 Å². The number of hydrogen-bond acceptors (Lipinski definition) is 4. The number of anilines is 1. The van der Waals surface area contributed by atoms with Gasteiger partial charge < -0.3 is 9.80 Å². The third-order valence-electron chi connectivity index (χ3n) is 6.98. The number of aryl methyl sites for hydroxylation is 1. The number of nitrogens with zero attached hydrogens (tertiary/aromatic N) is 3. The zero-order chi connectivity index (χ0) is 23.6. The highest BCUT2D eigenvalue weighted by Crippen LogP contribution is 2.28. The Bertz CT molecular complexity index is 1110. The second-order valence-electron chi connectivity index (χ2n) is 9.42. The van der Waals surface area contributed by atoms with Crippen molar-refractivity contribution >= 4 is 21.6 Å². The zero-order valence-electron chi connectivity index (χ0n) is 20.0. The number of hydrogen-bond donors (Lipinski definition) is 0. The van der Waals surface area contributed by atoms with E-state index >= 15 is 0 Å². The largest absolute Gasteiger partial charge is 0.371 e. The lowest BCUT2D eigenvalue weighted by atomic mass is 10.1. The summed E-state index contributed by atoms with van der Waals surface area (Å²) in [5.74, 6) is -0.160. The quantitative estimate of drug-likeness (QED) is 0.628. The van der Waals surface area contributed by atoms with E-state index in [4.69, 9.17) is 0 Å². The molecule has 2 aliphatic rings. The molecule has 2 saturated heterocycles. The van der Waals surface area contributed by atoms with Crippen LogP contribution in [0, 0.1) is 6.92 Å². The van der Waals surface area contributed by atoms with Crippen LogP contribution in [0.1, 0.15) is 60.5 Å². The lowest BCUT2D eigenvalue weighted by Gasteiger charge is -2.32. The van der Waals surface area contributed by atoms with Gasteiger partial charge in [0.05, 0.1) is 4.90 Å². The Balaban J connectivity index is 1.58. The van der Waals surface area contributed by atoms with Crippen molar-refractivity contribution in [3.63, 3.8) is 0 Å². The molecule has 7 heteroatoms. The molecule has 0 saturated carbocycles. The highest BCUT2D eigenvalue weighted by molar-refractivity contribution is 7.89. The van der Waals surface area contributed by atoms with Crippen molar-refractivity contribution in [3.05, 3.63) is 59.2 Å². The lowest BCUT2D eigenvalue weighted by molar-refractivity contribution is 0.0784. The van der Waals surface area contributed by atoms with Crippen LogP contribution < -0.4 is 4.90 Å². The summed E-state index contributed by atoms with van der Waals surface area (Å²) in [6.45, 7) is 6.92. The predicted molar refractivity (Wildman–Crippen MR) is 132 cm³/mol. The molecule has 2 aromatic carbocycles. The van der Waals surface area contributed by atoms with Gasteiger partial charge >= 0.3 is 0 Å². The van der Waals surface area contributed by atoms with Crippen LogP contribution in [-0.4, -0.2) is 56.3 Å². The fourth-order valence-corrected chi connectivity index (χ4v) is 6.73. The molecule has 1 unspecified atom stereocenters. The number of sulfonamides is 1. The average Bonchev–Trinajstić information content (AvgIpc) is 3.34. The molecule has 2 aliphatic heterocycles. The highest BCUT2D eigenvalue weighted by Gasteiger charge is 2.32. The van der Waals surface area contributed by atoms with Crippen molar-refractivity contribution in [2.45, 2.75) is 63.4 Å². The number of benzene rings is 2. The third kappa shape index (κ3) is 4.94. The summed E-state index contributed by atoms with van der Waals surface area (Å²) in [4.78, 5) is 17.7. The Morgan fingerprint density at radius 1 is 1.03 bits per heavy atom.